The van der Waals surface area contributed by atoms with Gasteiger partial charge in [-0.1, -0.05) is 22.9 Å². The topological polar surface area (TPSA) is 38.7 Å². The number of oxime groups is 1. The lowest BCUT2D eigenvalue weighted by Gasteiger charge is -2.02. The quantitative estimate of drug-likeness (QED) is 0.489. The van der Waals surface area contributed by atoms with Crippen LogP contribution in [0.1, 0.15) is 28.4 Å². The van der Waals surface area contributed by atoms with Crippen LogP contribution in [0.15, 0.2) is 47.6 Å². The van der Waals surface area contributed by atoms with Crippen molar-refractivity contribution in [2.75, 3.05) is 0 Å². The van der Waals surface area contributed by atoms with Gasteiger partial charge in [0.05, 0.1) is 11.3 Å². The van der Waals surface area contributed by atoms with Gasteiger partial charge in [-0.15, -0.1) is 0 Å². The molecular formula is C16H13F2NO2. The third kappa shape index (κ3) is 3.72. The van der Waals surface area contributed by atoms with E-state index in [4.69, 9.17) is 4.84 Å². The molecule has 0 aliphatic carbocycles. The normalized spacial score (nSPS) is 11.3. The van der Waals surface area contributed by atoms with Gasteiger partial charge in [-0.3, -0.25) is 0 Å². The number of carbonyl (C=O) groups excluding carboxylic acids is 1. The van der Waals surface area contributed by atoms with Gasteiger partial charge in [-0.05, 0) is 44.2 Å². The molecule has 2 aromatic rings. The molecule has 0 saturated heterocycles. The second-order valence-corrected chi connectivity index (χ2v) is 4.55. The molecule has 0 spiro atoms. The number of nitrogens with zero attached hydrogens (tertiary/aromatic N) is 1. The zero-order chi connectivity index (χ0) is 15.4. The fraction of sp³-hybridized carbons (Fsp3) is 0.125. The fourth-order valence-corrected chi connectivity index (χ4v) is 1.63. The van der Waals surface area contributed by atoms with E-state index in [9.17, 15) is 13.6 Å². The summed E-state index contributed by atoms with van der Waals surface area (Å²) in [5.74, 6) is -2.54. The first-order valence-electron chi connectivity index (χ1n) is 6.25. The Bertz CT molecular complexity index is 694. The molecule has 0 N–H and O–H groups in total. The lowest BCUT2D eigenvalue weighted by molar-refractivity contribution is 0.0516. The number of rotatable bonds is 3. The van der Waals surface area contributed by atoms with E-state index in [1.165, 1.54) is 13.0 Å². The zero-order valence-electron chi connectivity index (χ0n) is 11.6. The molecule has 0 heterocycles. The van der Waals surface area contributed by atoms with Crippen molar-refractivity contribution in [1.82, 2.24) is 0 Å². The van der Waals surface area contributed by atoms with Gasteiger partial charge in [0.2, 0.25) is 0 Å². The summed E-state index contributed by atoms with van der Waals surface area (Å²) in [5.41, 5.74) is 2.00. The molecule has 0 fully saturated rings. The fourth-order valence-electron chi connectivity index (χ4n) is 1.63. The number of halogens is 2. The number of carbonyl (C=O) groups is 1. The van der Waals surface area contributed by atoms with Crippen molar-refractivity contribution < 1.29 is 18.4 Å². The Morgan fingerprint density at radius 3 is 2.24 bits per heavy atom. The highest BCUT2D eigenvalue weighted by atomic mass is 19.2. The molecule has 108 valence electrons. The van der Waals surface area contributed by atoms with Crippen LogP contribution in [0.3, 0.4) is 0 Å². The molecule has 0 saturated carbocycles. The third-order valence-corrected chi connectivity index (χ3v) is 2.89. The van der Waals surface area contributed by atoms with Crippen LogP contribution < -0.4 is 0 Å². The summed E-state index contributed by atoms with van der Waals surface area (Å²) < 4.78 is 25.9. The maximum Gasteiger partial charge on any atom is 0.365 e. The van der Waals surface area contributed by atoms with E-state index in [0.29, 0.717) is 11.1 Å². The van der Waals surface area contributed by atoms with Crippen LogP contribution in [0.2, 0.25) is 0 Å². The molecule has 0 aromatic heterocycles. The minimum absolute atomic E-state index is 0.273. The predicted octanol–water partition coefficient (Wildman–Crippen LogP) is 3.85. The van der Waals surface area contributed by atoms with E-state index in [0.717, 1.165) is 17.7 Å². The smallest absolute Gasteiger partial charge is 0.313 e. The third-order valence-electron chi connectivity index (χ3n) is 2.89. The minimum atomic E-state index is -0.980. The molecule has 2 aromatic carbocycles. The van der Waals surface area contributed by atoms with Crippen molar-refractivity contribution in [1.29, 1.82) is 0 Å². The summed E-state index contributed by atoms with van der Waals surface area (Å²) in [6, 6.07) is 10.2. The van der Waals surface area contributed by atoms with Crippen molar-refractivity contribution in [3.63, 3.8) is 0 Å². The first-order chi connectivity index (χ1) is 9.97. The molecule has 21 heavy (non-hydrogen) atoms. The summed E-state index contributed by atoms with van der Waals surface area (Å²) >= 11 is 0. The van der Waals surface area contributed by atoms with E-state index in [2.05, 4.69) is 5.16 Å². The summed E-state index contributed by atoms with van der Waals surface area (Å²) in [7, 11) is 0. The van der Waals surface area contributed by atoms with Gasteiger partial charge in [0.25, 0.3) is 0 Å². The van der Waals surface area contributed by atoms with Crippen LogP contribution in [0, 0.1) is 18.6 Å². The average Bonchev–Trinajstić information content (AvgIpc) is 2.48. The molecule has 0 bridgehead atoms. The highest BCUT2D eigenvalue weighted by molar-refractivity contribution is 5.99. The Hall–Kier alpha value is -2.56. The molecule has 0 amide bonds. The number of aryl methyl sites for hydroxylation is 1. The molecule has 5 heteroatoms. The molecule has 0 aliphatic rings. The van der Waals surface area contributed by atoms with Gasteiger partial charge in [0, 0.05) is 5.56 Å². The first kappa shape index (κ1) is 14.8. The molecule has 0 atom stereocenters. The van der Waals surface area contributed by atoms with Crippen molar-refractivity contribution in [2.24, 2.45) is 5.16 Å². The molecule has 0 radical (unpaired) electrons. The Balaban J connectivity index is 2.10. The van der Waals surface area contributed by atoms with E-state index in [1.54, 1.807) is 24.3 Å². The highest BCUT2D eigenvalue weighted by Crippen LogP contribution is 2.10. The molecular weight excluding hydrogens is 276 g/mol. The monoisotopic (exact) mass is 289 g/mol. The predicted molar refractivity (Wildman–Crippen MR) is 75.2 cm³/mol. The standard InChI is InChI=1S/C16H13F2NO2/c1-10-3-5-12(6-4-10)16(20)21-19-11(2)13-7-8-14(17)15(18)9-13/h3-9H,1-2H3/b19-11+. The van der Waals surface area contributed by atoms with Crippen LogP contribution in [0.25, 0.3) is 0 Å². The van der Waals surface area contributed by atoms with Crippen LogP contribution in [0.5, 0.6) is 0 Å². The molecule has 3 nitrogen and oxygen atoms in total. The summed E-state index contributed by atoms with van der Waals surface area (Å²) in [6.07, 6.45) is 0. The average molecular weight is 289 g/mol. The van der Waals surface area contributed by atoms with Crippen molar-refractivity contribution in [3.05, 3.63) is 70.8 Å². The Morgan fingerprint density at radius 1 is 1.00 bits per heavy atom. The van der Waals surface area contributed by atoms with Gasteiger partial charge in [-0.25, -0.2) is 13.6 Å². The van der Waals surface area contributed by atoms with Gasteiger partial charge < -0.3 is 4.84 Å². The molecule has 0 unspecified atom stereocenters. The number of hydrogen-bond acceptors (Lipinski definition) is 3. The maximum absolute atomic E-state index is 13.1. The summed E-state index contributed by atoms with van der Waals surface area (Å²) in [5, 5.41) is 3.64. The lowest BCUT2D eigenvalue weighted by atomic mass is 10.1. The SMILES string of the molecule is C/C(=N\OC(=O)c1ccc(C)cc1)c1ccc(F)c(F)c1. The van der Waals surface area contributed by atoms with Crippen molar-refractivity contribution in [3.8, 4) is 0 Å². The van der Waals surface area contributed by atoms with E-state index in [1.807, 2.05) is 6.92 Å². The van der Waals surface area contributed by atoms with E-state index in [-0.39, 0.29) is 5.71 Å². The lowest BCUT2D eigenvalue weighted by Crippen LogP contribution is -2.04. The first-order valence-corrected chi connectivity index (χ1v) is 6.25. The van der Waals surface area contributed by atoms with E-state index >= 15 is 0 Å². The van der Waals surface area contributed by atoms with Gasteiger partial charge >= 0.3 is 5.97 Å². The number of benzene rings is 2. The van der Waals surface area contributed by atoms with Crippen LogP contribution in [0.4, 0.5) is 8.78 Å². The summed E-state index contributed by atoms with van der Waals surface area (Å²) in [6.45, 7) is 3.44. The maximum atomic E-state index is 13.1. The molecule has 2 rings (SSSR count). The Labute approximate surface area is 120 Å². The second kappa shape index (κ2) is 6.26. The van der Waals surface area contributed by atoms with Crippen LogP contribution in [-0.2, 0) is 4.84 Å². The summed E-state index contributed by atoms with van der Waals surface area (Å²) in [4.78, 5) is 16.5. The van der Waals surface area contributed by atoms with Crippen molar-refractivity contribution in [2.45, 2.75) is 13.8 Å². The zero-order valence-corrected chi connectivity index (χ0v) is 11.6. The second-order valence-electron chi connectivity index (χ2n) is 4.55. The van der Waals surface area contributed by atoms with Gasteiger partial charge in [0.15, 0.2) is 11.6 Å². The highest BCUT2D eigenvalue weighted by Gasteiger charge is 2.08. The van der Waals surface area contributed by atoms with Crippen LogP contribution >= 0.6 is 0 Å². The minimum Gasteiger partial charge on any atom is -0.313 e. The largest absolute Gasteiger partial charge is 0.365 e. The Morgan fingerprint density at radius 2 is 1.62 bits per heavy atom. The van der Waals surface area contributed by atoms with Crippen LogP contribution in [-0.4, -0.2) is 11.7 Å². The van der Waals surface area contributed by atoms with Gasteiger partial charge in [-0.2, -0.15) is 0 Å². The van der Waals surface area contributed by atoms with Gasteiger partial charge in [0.1, 0.15) is 0 Å². The van der Waals surface area contributed by atoms with E-state index < -0.39 is 17.6 Å². The number of hydrogen-bond donors (Lipinski definition) is 0. The van der Waals surface area contributed by atoms with Crippen molar-refractivity contribution >= 4 is 11.7 Å². The molecule has 0 aliphatic heterocycles. The Kier molecular flexibility index (Phi) is 4.42.